The van der Waals surface area contributed by atoms with Gasteiger partial charge in [0.1, 0.15) is 23.3 Å². The Kier molecular flexibility index (Phi) is 8.51. The molecule has 3 saturated heterocycles. The van der Waals surface area contributed by atoms with Crippen LogP contribution in [0.1, 0.15) is 46.0 Å². The largest absolute Gasteiger partial charge is 0.497 e. The van der Waals surface area contributed by atoms with E-state index in [1.807, 2.05) is 13.0 Å². The smallest absolute Gasteiger partial charge is 0.312 e. The number of ether oxygens (including phenoxy) is 3. The van der Waals surface area contributed by atoms with Gasteiger partial charge in [0.15, 0.2) is 0 Å². The molecular weight excluding hydrogens is 500 g/mol. The molecule has 4 rings (SSSR count). The summed E-state index contributed by atoms with van der Waals surface area (Å²) in [5.74, 6) is -2.25. The molecule has 39 heavy (non-hydrogen) atoms. The molecule has 0 aromatic heterocycles. The zero-order chi connectivity index (χ0) is 28.4. The van der Waals surface area contributed by atoms with Gasteiger partial charge >= 0.3 is 5.97 Å². The molecule has 9 heteroatoms. The summed E-state index contributed by atoms with van der Waals surface area (Å²) >= 11 is 0. The molecule has 0 aliphatic carbocycles. The fraction of sp³-hybridized carbons (Fsp3) is 0.567. The number of hydrogen-bond donors (Lipinski definition) is 1. The first-order chi connectivity index (χ1) is 18.7. The van der Waals surface area contributed by atoms with Crippen LogP contribution in [0.5, 0.6) is 5.75 Å². The number of rotatable bonds is 13. The van der Waals surface area contributed by atoms with E-state index in [1.54, 1.807) is 49.3 Å². The number of anilines is 1. The maximum atomic E-state index is 14.4. The van der Waals surface area contributed by atoms with Crippen molar-refractivity contribution in [1.29, 1.82) is 0 Å². The van der Waals surface area contributed by atoms with Crippen LogP contribution in [-0.2, 0) is 23.9 Å². The van der Waals surface area contributed by atoms with Gasteiger partial charge in [0, 0.05) is 12.2 Å². The molecule has 3 heterocycles. The number of carbonyl (C=O) groups is 3. The highest BCUT2D eigenvalue weighted by Crippen LogP contribution is 2.63. The van der Waals surface area contributed by atoms with Gasteiger partial charge in [-0.05, 0) is 70.2 Å². The molecule has 1 N–H and O–H groups in total. The van der Waals surface area contributed by atoms with Crippen molar-refractivity contribution in [2.75, 3.05) is 31.8 Å². The number of benzene rings is 1. The summed E-state index contributed by atoms with van der Waals surface area (Å²) in [6.45, 7) is 11.2. The SMILES string of the molecule is C=CCCCCOC(=O)[C@H]1[C@H]2C(=O)N([C@H](C)CO)C(C(=O)N(CC=C)c3ccc(OC)cc3)C23CC[C@]1(C)O3. The normalized spacial score (nSPS) is 29.6. The minimum absolute atomic E-state index is 0.200. The van der Waals surface area contributed by atoms with Crippen LogP contribution in [0.25, 0.3) is 0 Å². The van der Waals surface area contributed by atoms with Crippen molar-refractivity contribution in [3.63, 3.8) is 0 Å². The Morgan fingerprint density at radius 1 is 1.23 bits per heavy atom. The van der Waals surface area contributed by atoms with E-state index in [2.05, 4.69) is 13.2 Å². The Hall–Kier alpha value is -3.17. The Morgan fingerprint density at radius 3 is 2.56 bits per heavy atom. The lowest BCUT2D eigenvalue weighted by Crippen LogP contribution is -2.58. The third-order valence-electron chi connectivity index (χ3n) is 8.45. The van der Waals surface area contributed by atoms with E-state index in [1.165, 1.54) is 4.90 Å². The first-order valence-electron chi connectivity index (χ1n) is 13.7. The number of amides is 2. The molecule has 3 aliphatic rings. The average Bonchev–Trinajstić information content (AvgIpc) is 3.51. The zero-order valence-corrected chi connectivity index (χ0v) is 23.1. The number of aliphatic hydroxyl groups excluding tert-OH is 1. The van der Waals surface area contributed by atoms with Crippen molar-refractivity contribution in [2.45, 2.75) is 69.2 Å². The molecule has 2 unspecified atom stereocenters. The Labute approximate surface area is 230 Å². The van der Waals surface area contributed by atoms with Crippen molar-refractivity contribution < 1.29 is 33.7 Å². The van der Waals surface area contributed by atoms with Gasteiger partial charge in [-0.2, -0.15) is 0 Å². The monoisotopic (exact) mass is 540 g/mol. The number of hydrogen-bond acceptors (Lipinski definition) is 7. The molecule has 6 atom stereocenters. The number of aliphatic hydroxyl groups is 1. The third kappa shape index (κ3) is 4.87. The highest BCUT2D eigenvalue weighted by molar-refractivity contribution is 6.05. The number of allylic oxidation sites excluding steroid dienone is 1. The molecule has 3 fully saturated rings. The molecule has 9 nitrogen and oxygen atoms in total. The van der Waals surface area contributed by atoms with E-state index in [9.17, 15) is 19.5 Å². The van der Waals surface area contributed by atoms with E-state index in [0.717, 1.165) is 12.8 Å². The van der Waals surface area contributed by atoms with E-state index in [0.29, 0.717) is 30.7 Å². The summed E-state index contributed by atoms with van der Waals surface area (Å²) in [7, 11) is 1.57. The fourth-order valence-electron chi connectivity index (χ4n) is 6.58. The summed E-state index contributed by atoms with van der Waals surface area (Å²) < 4.78 is 17.5. The van der Waals surface area contributed by atoms with Crippen LogP contribution in [0.3, 0.4) is 0 Å². The van der Waals surface area contributed by atoms with Crippen LogP contribution in [0.4, 0.5) is 5.69 Å². The number of unbranched alkanes of at least 4 members (excludes halogenated alkanes) is 2. The zero-order valence-electron chi connectivity index (χ0n) is 23.1. The van der Waals surface area contributed by atoms with Crippen LogP contribution in [-0.4, -0.2) is 77.9 Å². The third-order valence-corrected chi connectivity index (χ3v) is 8.45. The summed E-state index contributed by atoms with van der Waals surface area (Å²) in [5.41, 5.74) is -1.52. The lowest BCUT2D eigenvalue weighted by Gasteiger charge is -2.38. The predicted molar refractivity (Wildman–Crippen MR) is 146 cm³/mol. The van der Waals surface area contributed by atoms with Gasteiger partial charge in [0.2, 0.25) is 5.91 Å². The number of nitrogens with zero attached hydrogens (tertiary/aromatic N) is 2. The molecule has 212 valence electrons. The van der Waals surface area contributed by atoms with Gasteiger partial charge < -0.3 is 29.1 Å². The Balaban J connectivity index is 1.70. The van der Waals surface area contributed by atoms with E-state index >= 15 is 0 Å². The van der Waals surface area contributed by atoms with E-state index in [-0.39, 0.29) is 31.6 Å². The van der Waals surface area contributed by atoms with Crippen LogP contribution in [0, 0.1) is 11.8 Å². The van der Waals surface area contributed by atoms with E-state index < -0.39 is 41.1 Å². The van der Waals surface area contributed by atoms with Crippen molar-refractivity contribution in [2.24, 2.45) is 11.8 Å². The van der Waals surface area contributed by atoms with Crippen molar-refractivity contribution in [1.82, 2.24) is 4.90 Å². The second kappa shape index (κ2) is 11.5. The Morgan fingerprint density at radius 2 is 1.95 bits per heavy atom. The summed E-state index contributed by atoms with van der Waals surface area (Å²) in [6, 6.07) is 5.38. The number of methoxy groups -OCH3 is 1. The molecule has 1 aromatic rings. The summed E-state index contributed by atoms with van der Waals surface area (Å²) in [6.07, 6.45) is 6.78. The second-order valence-corrected chi connectivity index (χ2v) is 10.9. The van der Waals surface area contributed by atoms with Gasteiger partial charge in [-0.3, -0.25) is 14.4 Å². The Bertz CT molecular complexity index is 1110. The van der Waals surface area contributed by atoms with Crippen LogP contribution in [0.15, 0.2) is 49.6 Å². The topological polar surface area (TPSA) is 106 Å². The molecule has 3 aliphatic heterocycles. The second-order valence-electron chi connectivity index (χ2n) is 10.9. The predicted octanol–water partition coefficient (Wildman–Crippen LogP) is 3.26. The van der Waals surface area contributed by atoms with Gasteiger partial charge in [0.05, 0.1) is 37.9 Å². The average molecular weight is 541 g/mol. The molecule has 1 spiro atoms. The van der Waals surface area contributed by atoms with Gasteiger partial charge in [0.25, 0.3) is 5.91 Å². The molecule has 0 radical (unpaired) electrons. The van der Waals surface area contributed by atoms with Gasteiger partial charge in [-0.25, -0.2) is 0 Å². The van der Waals surface area contributed by atoms with Crippen molar-refractivity contribution in [3.05, 3.63) is 49.6 Å². The van der Waals surface area contributed by atoms with Crippen molar-refractivity contribution >= 4 is 23.5 Å². The summed E-state index contributed by atoms with van der Waals surface area (Å²) in [5, 5.41) is 10.1. The van der Waals surface area contributed by atoms with Crippen LogP contribution >= 0.6 is 0 Å². The number of likely N-dealkylation sites (tertiary alicyclic amines) is 1. The molecule has 2 amide bonds. The first kappa shape index (κ1) is 28.8. The van der Waals surface area contributed by atoms with Crippen LogP contribution in [0.2, 0.25) is 0 Å². The van der Waals surface area contributed by atoms with Crippen LogP contribution < -0.4 is 9.64 Å². The van der Waals surface area contributed by atoms with Crippen molar-refractivity contribution in [3.8, 4) is 5.75 Å². The van der Waals surface area contributed by atoms with E-state index in [4.69, 9.17) is 14.2 Å². The highest BCUT2D eigenvalue weighted by Gasteiger charge is 2.79. The first-order valence-corrected chi connectivity index (χ1v) is 13.7. The minimum Gasteiger partial charge on any atom is -0.497 e. The number of fused-ring (bicyclic) bond motifs is 1. The quantitative estimate of drug-likeness (QED) is 0.233. The maximum Gasteiger partial charge on any atom is 0.312 e. The minimum atomic E-state index is -1.20. The highest BCUT2D eigenvalue weighted by atomic mass is 16.6. The van der Waals surface area contributed by atoms with Gasteiger partial charge in [-0.1, -0.05) is 12.2 Å². The fourth-order valence-corrected chi connectivity index (χ4v) is 6.58. The lowest BCUT2D eigenvalue weighted by atomic mass is 9.66. The number of esters is 1. The number of carbonyl (C=O) groups excluding carboxylic acids is 3. The standard InChI is InChI=1S/C30H40N2O7/c1-6-8-9-10-18-38-28(36)24-23-26(34)32(20(3)19-33)25(30(23)16-15-29(24,4)39-30)27(35)31(17-7-2)21-11-13-22(37-5)14-12-21/h6-7,11-14,20,23-25,33H,1-2,8-10,15-19H2,3-5H3/t20-,23+,24-,25?,29+,30?/m1/s1. The molecule has 2 bridgehead atoms. The lowest BCUT2D eigenvalue weighted by molar-refractivity contribution is -0.160. The molecular formula is C30H40N2O7. The summed E-state index contributed by atoms with van der Waals surface area (Å²) in [4.78, 5) is 44.9. The van der Waals surface area contributed by atoms with Gasteiger partial charge in [-0.15, -0.1) is 13.2 Å². The molecule has 1 aromatic carbocycles. The molecule has 0 saturated carbocycles. The maximum absolute atomic E-state index is 14.4.